The van der Waals surface area contributed by atoms with E-state index in [-0.39, 0.29) is 5.91 Å². The first kappa shape index (κ1) is 15.0. The molecule has 1 atom stereocenters. The Morgan fingerprint density at radius 3 is 2.80 bits per heavy atom. The molecule has 1 heterocycles. The van der Waals surface area contributed by atoms with Gasteiger partial charge in [-0.05, 0) is 44.9 Å². The number of para-hydroxylation sites is 1. The summed E-state index contributed by atoms with van der Waals surface area (Å²) in [6.45, 7) is 4.49. The number of likely N-dealkylation sites (tertiary alicyclic amines) is 1. The zero-order valence-corrected chi connectivity index (χ0v) is 12.1. The van der Waals surface area contributed by atoms with Crippen LogP contribution < -0.4 is 5.32 Å². The summed E-state index contributed by atoms with van der Waals surface area (Å²) in [5.41, 5.74) is 0.303. The highest BCUT2D eigenvalue weighted by Crippen LogP contribution is 2.21. The van der Waals surface area contributed by atoms with Gasteiger partial charge in [-0.15, -0.1) is 0 Å². The fourth-order valence-electron chi connectivity index (χ4n) is 2.55. The SMILES string of the molecule is CC1(O)CCCN(CCC(=O)Nc2ccccc2)CC1. The molecule has 1 amide bonds. The van der Waals surface area contributed by atoms with Crippen LogP contribution in [-0.4, -0.2) is 41.1 Å². The molecule has 1 aliphatic heterocycles. The second kappa shape index (κ2) is 6.86. The Morgan fingerprint density at radius 2 is 2.05 bits per heavy atom. The Kier molecular flexibility index (Phi) is 5.15. The number of amides is 1. The first-order valence-corrected chi connectivity index (χ1v) is 7.35. The van der Waals surface area contributed by atoms with Gasteiger partial charge in [-0.25, -0.2) is 0 Å². The minimum Gasteiger partial charge on any atom is -0.390 e. The van der Waals surface area contributed by atoms with E-state index in [1.165, 1.54) is 0 Å². The highest BCUT2D eigenvalue weighted by molar-refractivity contribution is 5.90. The van der Waals surface area contributed by atoms with Crippen molar-refractivity contribution in [3.8, 4) is 0 Å². The number of rotatable bonds is 4. The molecule has 1 aromatic rings. The summed E-state index contributed by atoms with van der Waals surface area (Å²) in [6, 6.07) is 9.53. The van der Waals surface area contributed by atoms with E-state index in [0.29, 0.717) is 6.42 Å². The summed E-state index contributed by atoms with van der Waals surface area (Å²) < 4.78 is 0. The van der Waals surface area contributed by atoms with Crippen molar-refractivity contribution in [2.75, 3.05) is 25.0 Å². The van der Waals surface area contributed by atoms with Gasteiger partial charge in [-0.3, -0.25) is 4.79 Å². The van der Waals surface area contributed by atoms with Gasteiger partial charge in [0.05, 0.1) is 5.60 Å². The Morgan fingerprint density at radius 1 is 1.30 bits per heavy atom. The molecule has 2 rings (SSSR count). The summed E-state index contributed by atoms with van der Waals surface area (Å²) in [5.74, 6) is 0.0483. The number of nitrogens with one attached hydrogen (secondary N) is 1. The monoisotopic (exact) mass is 276 g/mol. The second-order valence-corrected chi connectivity index (χ2v) is 5.86. The van der Waals surface area contributed by atoms with Crippen molar-refractivity contribution in [3.05, 3.63) is 30.3 Å². The highest BCUT2D eigenvalue weighted by atomic mass is 16.3. The lowest BCUT2D eigenvalue weighted by Gasteiger charge is -2.22. The van der Waals surface area contributed by atoms with Crippen LogP contribution in [0, 0.1) is 0 Å². The van der Waals surface area contributed by atoms with Crippen LogP contribution in [0.5, 0.6) is 0 Å². The van der Waals surface area contributed by atoms with Gasteiger partial charge < -0.3 is 15.3 Å². The zero-order valence-electron chi connectivity index (χ0n) is 12.1. The van der Waals surface area contributed by atoms with Gasteiger partial charge >= 0.3 is 0 Å². The molecule has 4 heteroatoms. The lowest BCUT2D eigenvalue weighted by molar-refractivity contribution is -0.116. The molecule has 1 saturated heterocycles. The summed E-state index contributed by atoms with van der Waals surface area (Å²) in [4.78, 5) is 14.2. The molecule has 20 heavy (non-hydrogen) atoms. The van der Waals surface area contributed by atoms with Crippen LogP contribution in [0.3, 0.4) is 0 Å². The summed E-state index contributed by atoms with van der Waals surface area (Å²) in [5, 5.41) is 12.9. The smallest absolute Gasteiger partial charge is 0.225 e. The topological polar surface area (TPSA) is 52.6 Å². The largest absolute Gasteiger partial charge is 0.390 e. The van der Waals surface area contributed by atoms with Crippen LogP contribution in [0.25, 0.3) is 0 Å². The van der Waals surface area contributed by atoms with E-state index < -0.39 is 5.60 Å². The molecular formula is C16H24N2O2. The predicted octanol–water partition coefficient (Wildman–Crippen LogP) is 2.25. The number of carbonyl (C=O) groups is 1. The normalized spacial score (nSPS) is 24.1. The van der Waals surface area contributed by atoms with Crippen molar-refractivity contribution in [2.45, 2.75) is 38.2 Å². The molecule has 1 aliphatic rings. The molecule has 0 bridgehead atoms. The quantitative estimate of drug-likeness (QED) is 0.887. The minimum atomic E-state index is -0.541. The maximum atomic E-state index is 11.9. The average Bonchev–Trinajstić information content (AvgIpc) is 2.59. The van der Waals surface area contributed by atoms with Crippen LogP contribution >= 0.6 is 0 Å². The van der Waals surface area contributed by atoms with Gasteiger partial charge in [-0.1, -0.05) is 18.2 Å². The van der Waals surface area contributed by atoms with E-state index in [9.17, 15) is 9.90 Å². The molecule has 0 saturated carbocycles. The van der Waals surface area contributed by atoms with E-state index in [1.54, 1.807) is 0 Å². The van der Waals surface area contributed by atoms with Crippen LogP contribution in [0.2, 0.25) is 0 Å². The van der Waals surface area contributed by atoms with Crippen molar-refractivity contribution in [2.24, 2.45) is 0 Å². The molecule has 4 nitrogen and oxygen atoms in total. The molecule has 0 aromatic heterocycles. The maximum Gasteiger partial charge on any atom is 0.225 e. The van der Waals surface area contributed by atoms with Gasteiger partial charge in [0.2, 0.25) is 5.91 Å². The summed E-state index contributed by atoms with van der Waals surface area (Å²) in [6.07, 6.45) is 3.12. The van der Waals surface area contributed by atoms with Gasteiger partial charge in [0, 0.05) is 25.2 Å². The Labute approximate surface area is 120 Å². The molecule has 0 aliphatic carbocycles. The number of nitrogens with zero attached hydrogens (tertiary/aromatic N) is 1. The average molecular weight is 276 g/mol. The number of aliphatic hydroxyl groups is 1. The molecule has 0 radical (unpaired) electrons. The highest BCUT2D eigenvalue weighted by Gasteiger charge is 2.24. The van der Waals surface area contributed by atoms with Crippen molar-refractivity contribution in [1.82, 2.24) is 4.90 Å². The van der Waals surface area contributed by atoms with E-state index in [0.717, 1.165) is 44.6 Å². The fraction of sp³-hybridized carbons (Fsp3) is 0.562. The first-order valence-electron chi connectivity index (χ1n) is 7.35. The molecule has 2 N–H and O–H groups in total. The predicted molar refractivity (Wildman–Crippen MR) is 80.6 cm³/mol. The minimum absolute atomic E-state index is 0.0483. The van der Waals surface area contributed by atoms with E-state index in [4.69, 9.17) is 0 Å². The number of benzene rings is 1. The number of carbonyl (C=O) groups excluding carboxylic acids is 1. The van der Waals surface area contributed by atoms with Crippen LogP contribution in [0.4, 0.5) is 5.69 Å². The van der Waals surface area contributed by atoms with E-state index in [2.05, 4.69) is 10.2 Å². The molecule has 0 spiro atoms. The molecular weight excluding hydrogens is 252 g/mol. The molecule has 1 aromatic carbocycles. The maximum absolute atomic E-state index is 11.9. The summed E-state index contributed by atoms with van der Waals surface area (Å²) >= 11 is 0. The van der Waals surface area contributed by atoms with Crippen LogP contribution in [0.1, 0.15) is 32.6 Å². The Balaban J connectivity index is 1.73. The van der Waals surface area contributed by atoms with Crippen molar-refractivity contribution >= 4 is 11.6 Å². The lowest BCUT2D eigenvalue weighted by atomic mass is 9.98. The van der Waals surface area contributed by atoms with E-state index >= 15 is 0 Å². The molecule has 1 unspecified atom stereocenters. The van der Waals surface area contributed by atoms with E-state index in [1.807, 2.05) is 37.3 Å². The van der Waals surface area contributed by atoms with Crippen molar-refractivity contribution in [1.29, 1.82) is 0 Å². The lowest BCUT2D eigenvalue weighted by Crippen LogP contribution is -2.30. The van der Waals surface area contributed by atoms with Gasteiger partial charge in [0.15, 0.2) is 0 Å². The van der Waals surface area contributed by atoms with Gasteiger partial charge in [-0.2, -0.15) is 0 Å². The van der Waals surface area contributed by atoms with Crippen molar-refractivity contribution < 1.29 is 9.90 Å². The Hall–Kier alpha value is -1.39. The summed E-state index contributed by atoms with van der Waals surface area (Å²) in [7, 11) is 0. The number of hydrogen-bond donors (Lipinski definition) is 2. The number of anilines is 1. The second-order valence-electron chi connectivity index (χ2n) is 5.86. The van der Waals surface area contributed by atoms with Gasteiger partial charge in [0.25, 0.3) is 0 Å². The fourth-order valence-corrected chi connectivity index (χ4v) is 2.55. The third-order valence-electron chi connectivity index (χ3n) is 3.87. The third-order valence-corrected chi connectivity index (χ3v) is 3.87. The zero-order chi connectivity index (χ0) is 14.4. The standard InChI is InChI=1S/C16H24N2O2/c1-16(20)9-5-11-18(13-10-16)12-8-15(19)17-14-6-3-2-4-7-14/h2-4,6-7,20H,5,8-13H2,1H3,(H,17,19). The molecule has 1 fully saturated rings. The number of hydrogen-bond acceptors (Lipinski definition) is 3. The first-order chi connectivity index (χ1) is 9.55. The Bertz CT molecular complexity index is 431. The van der Waals surface area contributed by atoms with Gasteiger partial charge in [0.1, 0.15) is 0 Å². The third kappa shape index (κ3) is 4.94. The van der Waals surface area contributed by atoms with Crippen molar-refractivity contribution in [3.63, 3.8) is 0 Å². The van der Waals surface area contributed by atoms with Crippen LogP contribution in [0.15, 0.2) is 30.3 Å². The van der Waals surface area contributed by atoms with Crippen LogP contribution in [-0.2, 0) is 4.79 Å². The molecule has 110 valence electrons.